The van der Waals surface area contributed by atoms with E-state index in [2.05, 4.69) is 30.4 Å². The van der Waals surface area contributed by atoms with Gasteiger partial charge in [-0.15, -0.1) is 5.10 Å². The number of hydrogen-bond donors (Lipinski definition) is 2. The van der Waals surface area contributed by atoms with Crippen molar-refractivity contribution >= 4 is 21.8 Å². The largest absolute Gasteiger partial charge is 0.381 e. The van der Waals surface area contributed by atoms with Gasteiger partial charge in [0.15, 0.2) is 0 Å². The lowest BCUT2D eigenvalue weighted by Crippen LogP contribution is -2.30. The summed E-state index contributed by atoms with van der Waals surface area (Å²) in [5, 5.41) is 12.3. The number of hydrogen-bond acceptors (Lipinski definition) is 4. The Morgan fingerprint density at radius 2 is 2.07 bits per heavy atom. The second kappa shape index (κ2) is 7.57. The smallest absolute Gasteiger partial charge is 0.270 e. The van der Waals surface area contributed by atoms with E-state index in [1.165, 1.54) is 6.20 Å². The van der Waals surface area contributed by atoms with Gasteiger partial charge in [-0.1, -0.05) is 20.8 Å². The lowest BCUT2D eigenvalue weighted by molar-refractivity contribution is -0.946. The molecule has 0 spiro atoms. The normalized spacial score (nSPS) is 17.1. The van der Waals surface area contributed by atoms with Crippen LogP contribution in [0, 0.1) is 12.8 Å². The molecule has 1 saturated heterocycles. The van der Waals surface area contributed by atoms with Gasteiger partial charge in [-0.2, -0.15) is 0 Å². The van der Waals surface area contributed by atoms with E-state index in [9.17, 15) is 9.42 Å². The molecule has 1 atom stereocenters. The summed E-state index contributed by atoms with van der Waals surface area (Å²) >= 11 is 0. The third-order valence-corrected chi connectivity index (χ3v) is 6.97. The van der Waals surface area contributed by atoms with Gasteiger partial charge >= 0.3 is 0 Å². The maximum atomic E-state index is 13.0. The Bertz CT molecular complexity index is 1060. The fourth-order valence-corrected chi connectivity index (χ4v) is 5.13. The second-order valence-corrected chi connectivity index (χ2v) is 10.3. The maximum Gasteiger partial charge on any atom is 0.270 e. The first-order valence-electron chi connectivity index (χ1n) is 10.0. The zero-order valence-electron chi connectivity index (χ0n) is 17.4. The van der Waals surface area contributed by atoms with Gasteiger partial charge in [0.25, 0.3) is 6.20 Å². The van der Waals surface area contributed by atoms with Crippen molar-refractivity contribution in [3.8, 4) is 0 Å². The summed E-state index contributed by atoms with van der Waals surface area (Å²) in [6.45, 7) is 10.9. The highest BCUT2D eigenvalue weighted by Crippen LogP contribution is 2.31. The van der Waals surface area contributed by atoms with Gasteiger partial charge in [0.1, 0.15) is 10.7 Å². The first kappa shape index (κ1) is 20.1. The highest BCUT2D eigenvalue weighted by Gasteiger charge is 2.26. The molecule has 2 aromatic heterocycles. The van der Waals surface area contributed by atoms with Crippen LogP contribution in [0.15, 0.2) is 34.2 Å². The Labute approximate surface area is 173 Å². The molecule has 0 bridgehead atoms. The fourth-order valence-electron chi connectivity index (χ4n) is 3.95. The average molecular weight is 418 g/mol. The zero-order valence-corrected chi connectivity index (χ0v) is 18.3. The number of aromatic amines is 1. The standard InChI is InChI=1S/C21H28N4O3S/c1-14-19(13-25(26)23-14)29(27)16-5-6-18-17(11-16)22-20(21(2,3)4)24(18)12-15-7-9-28-10-8-15/h5-6,11,13,15,26H,7-10,12H2,1-4H3/p+1. The molecule has 3 aromatic rings. The average Bonchev–Trinajstić information content (AvgIpc) is 3.21. The van der Waals surface area contributed by atoms with Gasteiger partial charge < -0.3 is 9.30 Å². The number of benzene rings is 1. The van der Waals surface area contributed by atoms with Gasteiger partial charge in [-0.25, -0.2) is 9.19 Å². The van der Waals surface area contributed by atoms with Crippen LogP contribution in [0.25, 0.3) is 11.0 Å². The van der Waals surface area contributed by atoms with Crippen LogP contribution in [0.4, 0.5) is 0 Å². The predicted molar refractivity (Wildman–Crippen MR) is 110 cm³/mol. The minimum Gasteiger partial charge on any atom is -0.381 e. The van der Waals surface area contributed by atoms with E-state index >= 15 is 0 Å². The minimum atomic E-state index is -1.40. The lowest BCUT2D eigenvalue weighted by atomic mass is 9.94. The predicted octanol–water partition coefficient (Wildman–Crippen LogP) is 3.09. The molecule has 0 saturated carbocycles. The number of H-pyrrole nitrogens is 1. The van der Waals surface area contributed by atoms with Gasteiger partial charge in [-0.3, -0.25) is 5.21 Å². The highest BCUT2D eigenvalue weighted by atomic mass is 32.2. The molecule has 156 valence electrons. The van der Waals surface area contributed by atoms with E-state index in [1.807, 2.05) is 18.2 Å². The zero-order chi connectivity index (χ0) is 20.8. The summed E-state index contributed by atoms with van der Waals surface area (Å²) in [4.78, 5) is 7.02. The van der Waals surface area contributed by atoms with Gasteiger partial charge in [0, 0.05) is 30.1 Å². The minimum absolute atomic E-state index is 0.0941. The molecule has 1 aliphatic rings. The molecule has 29 heavy (non-hydrogen) atoms. The van der Waals surface area contributed by atoms with Crippen molar-refractivity contribution in [3.05, 3.63) is 35.9 Å². The number of fused-ring (bicyclic) bond motifs is 1. The molecule has 2 N–H and O–H groups in total. The van der Waals surface area contributed by atoms with Crippen LogP contribution < -0.4 is 4.85 Å². The van der Waals surface area contributed by atoms with Crippen molar-refractivity contribution in [2.45, 2.75) is 62.3 Å². The van der Waals surface area contributed by atoms with E-state index in [0.29, 0.717) is 21.4 Å². The van der Waals surface area contributed by atoms with Crippen molar-refractivity contribution in [2.24, 2.45) is 5.92 Å². The summed E-state index contributed by atoms with van der Waals surface area (Å²) in [7, 11) is -1.40. The lowest BCUT2D eigenvalue weighted by Gasteiger charge is -2.26. The number of aryl methyl sites for hydroxylation is 1. The first-order chi connectivity index (χ1) is 13.7. The van der Waals surface area contributed by atoms with E-state index in [4.69, 9.17) is 9.72 Å². The number of ether oxygens (including phenoxy) is 1. The van der Waals surface area contributed by atoms with Crippen LogP contribution in [0.5, 0.6) is 0 Å². The van der Waals surface area contributed by atoms with Crippen LogP contribution in [-0.4, -0.2) is 37.3 Å². The van der Waals surface area contributed by atoms with Crippen LogP contribution in [0.2, 0.25) is 0 Å². The van der Waals surface area contributed by atoms with Crippen LogP contribution >= 0.6 is 0 Å². The van der Waals surface area contributed by atoms with Crippen molar-refractivity contribution in [1.29, 1.82) is 0 Å². The van der Waals surface area contributed by atoms with Gasteiger partial charge in [-0.05, 0) is 43.9 Å². The number of nitrogens with zero attached hydrogens (tertiary/aromatic N) is 3. The first-order valence-corrected chi connectivity index (χ1v) is 11.2. The monoisotopic (exact) mass is 417 g/mol. The molecule has 3 heterocycles. The van der Waals surface area contributed by atoms with Crippen molar-refractivity contribution in [3.63, 3.8) is 0 Å². The summed E-state index contributed by atoms with van der Waals surface area (Å²) in [6, 6.07) is 5.84. The molecule has 8 heteroatoms. The highest BCUT2D eigenvalue weighted by molar-refractivity contribution is 7.85. The molecule has 0 radical (unpaired) electrons. The topological polar surface area (TPSA) is 84.0 Å². The summed E-state index contributed by atoms with van der Waals surface area (Å²) < 4.78 is 20.9. The van der Waals surface area contributed by atoms with Gasteiger partial charge in [0.05, 0.1) is 32.4 Å². The number of nitrogens with one attached hydrogen (secondary N) is 1. The Balaban J connectivity index is 1.75. The Morgan fingerprint density at radius 3 is 2.69 bits per heavy atom. The summed E-state index contributed by atoms with van der Waals surface area (Å²) in [6.07, 6.45) is 3.58. The number of imidazole rings is 1. The molecule has 7 nitrogen and oxygen atoms in total. The molecule has 1 unspecified atom stereocenters. The molecule has 1 aromatic carbocycles. The van der Waals surface area contributed by atoms with E-state index < -0.39 is 10.8 Å². The molecular formula is C21H29N4O3S+. The molecule has 1 aliphatic heterocycles. The van der Waals surface area contributed by atoms with Crippen molar-refractivity contribution < 1.29 is 19.0 Å². The second-order valence-electron chi connectivity index (χ2n) is 8.85. The fraction of sp³-hybridized carbons (Fsp3) is 0.524. The number of aromatic nitrogens is 4. The Kier molecular flexibility index (Phi) is 5.25. The third-order valence-electron chi connectivity index (χ3n) is 5.48. The van der Waals surface area contributed by atoms with Gasteiger partial charge in [0.2, 0.25) is 0 Å². The Hall–Kier alpha value is -2.19. The molecule has 0 aliphatic carbocycles. The maximum absolute atomic E-state index is 13.0. The Morgan fingerprint density at radius 1 is 1.34 bits per heavy atom. The molecular weight excluding hydrogens is 388 g/mol. The molecule has 4 rings (SSSR count). The van der Waals surface area contributed by atoms with E-state index in [0.717, 1.165) is 54.3 Å². The van der Waals surface area contributed by atoms with Crippen LogP contribution in [-0.2, 0) is 27.5 Å². The third kappa shape index (κ3) is 3.96. The van der Waals surface area contributed by atoms with Crippen molar-refractivity contribution in [2.75, 3.05) is 13.2 Å². The quantitative estimate of drug-likeness (QED) is 0.505. The van der Waals surface area contributed by atoms with Crippen LogP contribution in [0.1, 0.15) is 45.1 Å². The van der Waals surface area contributed by atoms with Crippen LogP contribution in [0.3, 0.4) is 0 Å². The molecule has 1 fully saturated rings. The summed E-state index contributed by atoms with van der Waals surface area (Å²) in [5.41, 5.74) is 2.51. The van der Waals surface area contributed by atoms with E-state index in [1.54, 1.807) is 6.92 Å². The van der Waals surface area contributed by atoms with Crippen molar-refractivity contribution in [1.82, 2.24) is 14.6 Å². The molecule has 0 amide bonds. The SMILES string of the molecule is Cc1[nH][n+](O)cc1S(=O)c1ccc2c(c1)nc(C(C)(C)C)n2CC1CCOCC1. The summed E-state index contributed by atoms with van der Waals surface area (Å²) in [5.74, 6) is 1.63. The van der Waals surface area contributed by atoms with E-state index in [-0.39, 0.29) is 5.41 Å². The number of rotatable bonds is 4.